The van der Waals surface area contributed by atoms with Crippen LogP contribution in [0.2, 0.25) is 0 Å². The molecular formula is C27H22F3NO5. The number of ether oxygens (including phenoxy) is 2. The molecule has 1 N–H and O–H groups in total. The first kappa shape index (κ1) is 24.8. The summed E-state index contributed by atoms with van der Waals surface area (Å²) in [6.07, 6.45) is -4.57. The molecule has 0 saturated carbocycles. The lowest BCUT2D eigenvalue weighted by Crippen LogP contribution is -2.29. The standard InChI is InChI=1S/C27H22F3NO5/c1-35-19-12-7-13-20(36-2)21(19)24(32)22-23(17-9-4-3-5-10-17)31(26(34)25(22)33)15-16-8-6-11-18(14-16)27(28,29)30/h3-14,23,32H,15H2,1-2H3/b24-22+. The van der Waals surface area contributed by atoms with Gasteiger partial charge in [0.2, 0.25) is 0 Å². The predicted molar refractivity (Wildman–Crippen MR) is 125 cm³/mol. The van der Waals surface area contributed by atoms with Crippen LogP contribution in [0.3, 0.4) is 0 Å². The Morgan fingerprint density at radius 1 is 0.917 bits per heavy atom. The molecule has 0 aromatic heterocycles. The second kappa shape index (κ2) is 9.77. The average molecular weight is 497 g/mol. The molecular weight excluding hydrogens is 475 g/mol. The SMILES string of the molecule is COc1cccc(OC)c1/C(O)=C1\C(=O)C(=O)N(Cc2cccc(C(F)(F)F)c2)C1c1ccccc1. The smallest absolute Gasteiger partial charge is 0.416 e. The number of methoxy groups -OCH3 is 2. The Morgan fingerprint density at radius 3 is 2.11 bits per heavy atom. The summed E-state index contributed by atoms with van der Waals surface area (Å²) >= 11 is 0. The first-order valence-electron chi connectivity index (χ1n) is 10.9. The number of hydrogen-bond donors (Lipinski definition) is 1. The van der Waals surface area contributed by atoms with Crippen molar-refractivity contribution in [2.45, 2.75) is 18.8 Å². The van der Waals surface area contributed by atoms with E-state index in [1.54, 1.807) is 48.5 Å². The van der Waals surface area contributed by atoms with Gasteiger partial charge in [-0.1, -0.05) is 48.5 Å². The lowest BCUT2D eigenvalue weighted by Gasteiger charge is -2.26. The fraction of sp³-hybridized carbons (Fsp3) is 0.185. The zero-order valence-electron chi connectivity index (χ0n) is 19.4. The third-order valence-electron chi connectivity index (χ3n) is 5.93. The van der Waals surface area contributed by atoms with E-state index < -0.39 is 35.2 Å². The molecule has 1 heterocycles. The number of nitrogens with zero attached hydrogens (tertiary/aromatic N) is 1. The maximum atomic E-state index is 13.3. The van der Waals surface area contributed by atoms with Gasteiger partial charge in [-0.25, -0.2) is 0 Å². The molecule has 1 aliphatic rings. The fourth-order valence-electron chi connectivity index (χ4n) is 4.29. The number of rotatable bonds is 6. The quantitative estimate of drug-likeness (QED) is 0.283. The average Bonchev–Trinajstić information content (AvgIpc) is 3.12. The molecule has 9 heteroatoms. The van der Waals surface area contributed by atoms with E-state index in [4.69, 9.17) is 9.47 Å². The van der Waals surface area contributed by atoms with Gasteiger partial charge in [0.05, 0.1) is 31.4 Å². The fourth-order valence-corrected chi connectivity index (χ4v) is 4.29. The summed E-state index contributed by atoms with van der Waals surface area (Å²) in [4.78, 5) is 27.6. The van der Waals surface area contributed by atoms with Crippen LogP contribution in [0, 0.1) is 0 Å². The molecule has 36 heavy (non-hydrogen) atoms. The summed E-state index contributed by atoms with van der Waals surface area (Å²) in [5, 5.41) is 11.4. The van der Waals surface area contributed by atoms with Crippen molar-refractivity contribution in [2.24, 2.45) is 0 Å². The molecule has 1 amide bonds. The first-order chi connectivity index (χ1) is 17.2. The van der Waals surface area contributed by atoms with Gasteiger partial charge in [0.15, 0.2) is 0 Å². The molecule has 0 bridgehead atoms. The Bertz CT molecular complexity index is 1310. The van der Waals surface area contributed by atoms with Gasteiger partial charge in [-0.15, -0.1) is 0 Å². The number of ketones is 1. The number of carbonyl (C=O) groups is 2. The summed E-state index contributed by atoms with van der Waals surface area (Å²) in [7, 11) is 2.76. The largest absolute Gasteiger partial charge is 0.506 e. The molecule has 6 nitrogen and oxygen atoms in total. The van der Waals surface area contributed by atoms with Crippen LogP contribution in [0.5, 0.6) is 11.5 Å². The Hall–Kier alpha value is -4.27. The number of hydrogen-bond acceptors (Lipinski definition) is 5. The topological polar surface area (TPSA) is 76.1 Å². The molecule has 0 spiro atoms. The first-order valence-corrected chi connectivity index (χ1v) is 10.9. The highest BCUT2D eigenvalue weighted by atomic mass is 19.4. The monoisotopic (exact) mass is 497 g/mol. The van der Waals surface area contributed by atoms with Gasteiger partial charge in [-0.3, -0.25) is 9.59 Å². The van der Waals surface area contributed by atoms with E-state index in [-0.39, 0.29) is 34.7 Å². The van der Waals surface area contributed by atoms with E-state index in [1.807, 2.05) is 0 Å². The molecule has 186 valence electrons. The summed E-state index contributed by atoms with van der Waals surface area (Å²) in [6, 6.07) is 16.7. The number of aliphatic hydroxyl groups excluding tert-OH is 1. The number of benzene rings is 3. The van der Waals surface area contributed by atoms with E-state index in [1.165, 1.54) is 26.4 Å². The summed E-state index contributed by atoms with van der Waals surface area (Å²) in [5.41, 5.74) is -0.324. The lowest BCUT2D eigenvalue weighted by atomic mass is 9.94. The number of amides is 1. The third kappa shape index (κ3) is 4.51. The van der Waals surface area contributed by atoms with Gasteiger partial charge in [0.25, 0.3) is 11.7 Å². The summed E-state index contributed by atoms with van der Waals surface area (Å²) in [5.74, 6) is -2.01. The van der Waals surface area contributed by atoms with Crippen LogP contribution in [0.25, 0.3) is 5.76 Å². The van der Waals surface area contributed by atoms with Gasteiger partial charge in [-0.2, -0.15) is 13.2 Å². The maximum Gasteiger partial charge on any atom is 0.416 e. The number of likely N-dealkylation sites (tertiary alicyclic amines) is 1. The molecule has 1 aliphatic heterocycles. The van der Waals surface area contributed by atoms with Crippen molar-refractivity contribution < 1.29 is 37.3 Å². The van der Waals surface area contributed by atoms with Crippen LogP contribution >= 0.6 is 0 Å². The van der Waals surface area contributed by atoms with Crippen molar-refractivity contribution in [3.8, 4) is 11.5 Å². The van der Waals surface area contributed by atoms with Crippen LogP contribution in [0.1, 0.15) is 28.3 Å². The predicted octanol–water partition coefficient (Wildman–Crippen LogP) is 5.34. The van der Waals surface area contributed by atoms with Gasteiger partial charge in [0, 0.05) is 6.54 Å². The number of aliphatic hydroxyl groups is 1. The van der Waals surface area contributed by atoms with Crippen LogP contribution in [-0.4, -0.2) is 35.9 Å². The van der Waals surface area contributed by atoms with Crippen LogP contribution < -0.4 is 9.47 Å². The normalized spacial score (nSPS) is 17.4. The molecule has 0 radical (unpaired) electrons. The van der Waals surface area contributed by atoms with Crippen molar-refractivity contribution in [1.82, 2.24) is 4.90 Å². The molecule has 1 fully saturated rings. The Kier molecular flexibility index (Phi) is 6.74. The highest BCUT2D eigenvalue weighted by Gasteiger charge is 2.46. The minimum atomic E-state index is -4.57. The Balaban J connectivity index is 1.89. The van der Waals surface area contributed by atoms with Crippen molar-refractivity contribution in [1.29, 1.82) is 0 Å². The van der Waals surface area contributed by atoms with Crippen molar-refractivity contribution >= 4 is 17.4 Å². The maximum absolute atomic E-state index is 13.3. The minimum absolute atomic E-state index is 0.0838. The molecule has 1 unspecified atom stereocenters. The molecule has 0 aliphatic carbocycles. The molecule has 4 rings (SSSR count). The molecule has 1 saturated heterocycles. The number of Topliss-reactive ketones (excluding diaryl/α,β-unsaturated/α-hetero) is 1. The highest BCUT2D eigenvalue weighted by molar-refractivity contribution is 6.46. The van der Waals surface area contributed by atoms with E-state index in [9.17, 15) is 27.9 Å². The Morgan fingerprint density at radius 2 is 1.53 bits per heavy atom. The van der Waals surface area contributed by atoms with E-state index in [0.29, 0.717) is 5.56 Å². The zero-order chi connectivity index (χ0) is 26.0. The zero-order valence-corrected chi connectivity index (χ0v) is 19.4. The van der Waals surface area contributed by atoms with Crippen molar-refractivity contribution in [3.63, 3.8) is 0 Å². The lowest BCUT2D eigenvalue weighted by molar-refractivity contribution is -0.140. The number of carbonyl (C=O) groups excluding carboxylic acids is 2. The second-order valence-corrected chi connectivity index (χ2v) is 8.07. The van der Waals surface area contributed by atoms with Crippen LogP contribution in [0.15, 0.2) is 78.4 Å². The van der Waals surface area contributed by atoms with Crippen LogP contribution in [-0.2, 0) is 22.3 Å². The third-order valence-corrected chi connectivity index (χ3v) is 5.93. The van der Waals surface area contributed by atoms with Crippen molar-refractivity contribution in [3.05, 3.63) is 101 Å². The summed E-state index contributed by atoms with van der Waals surface area (Å²) in [6.45, 7) is -0.284. The number of alkyl halides is 3. The minimum Gasteiger partial charge on any atom is -0.506 e. The Labute approximate surface area is 205 Å². The molecule has 1 atom stereocenters. The van der Waals surface area contributed by atoms with E-state index in [2.05, 4.69) is 0 Å². The van der Waals surface area contributed by atoms with Gasteiger partial charge in [0.1, 0.15) is 22.8 Å². The van der Waals surface area contributed by atoms with Gasteiger partial charge < -0.3 is 19.5 Å². The molecule has 3 aromatic carbocycles. The second-order valence-electron chi connectivity index (χ2n) is 8.07. The summed E-state index contributed by atoms with van der Waals surface area (Å²) < 4.78 is 50.5. The van der Waals surface area contributed by atoms with Gasteiger partial charge >= 0.3 is 6.18 Å². The van der Waals surface area contributed by atoms with E-state index >= 15 is 0 Å². The van der Waals surface area contributed by atoms with Crippen LogP contribution in [0.4, 0.5) is 13.2 Å². The van der Waals surface area contributed by atoms with E-state index in [0.717, 1.165) is 17.0 Å². The highest BCUT2D eigenvalue weighted by Crippen LogP contribution is 2.44. The molecule has 3 aromatic rings. The van der Waals surface area contributed by atoms with Gasteiger partial charge in [-0.05, 0) is 35.4 Å². The van der Waals surface area contributed by atoms with Crippen molar-refractivity contribution in [2.75, 3.05) is 14.2 Å². The number of halogens is 3.